The lowest BCUT2D eigenvalue weighted by molar-refractivity contribution is -0.401. The van der Waals surface area contributed by atoms with Crippen LogP contribution in [0.3, 0.4) is 0 Å². The van der Waals surface area contributed by atoms with Gasteiger partial charge in [-0.2, -0.15) is 21.4 Å². The van der Waals surface area contributed by atoms with Crippen molar-refractivity contribution in [2.75, 3.05) is 18.5 Å². The molecule has 0 radical (unpaired) electrons. The summed E-state index contributed by atoms with van der Waals surface area (Å²) in [4.78, 5) is 40.0. The number of hydrogen-bond donors (Lipinski definition) is 2. The van der Waals surface area contributed by atoms with Gasteiger partial charge in [0.25, 0.3) is 20.2 Å². The highest BCUT2D eigenvalue weighted by Gasteiger charge is 2.45. The number of fused-ring (bicyclic) bond motifs is 2. The summed E-state index contributed by atoms with van der Waals surface area (Å²) < 4.78 is 69.0. The highest BCUT2D eigenvalue weighted by Crippen LogP contribution is 2.49. The first-order valence-corrected chi connectivity index (χ1v) is 18.5. The van der Waals surface area contributed by atoms with Gasteiger partial charge in [-0.3, -0.25) is 33.3 Å². The maximum atomic E-state index is 13.8. The van der Waals surface area contributed by atoms with Crippen LogP contribution < -0.4 is 4.90 Å². The number of carbonyl (C=O) groups is 3. The molecule has 0 bridgehead atoms. The van der Waals surface area contributed by atoms with Crippen molar-refractivity contribution in [2.45, 2.75) is 86.8 Å². The van der Waals surface area contributed by atoms with E-state index in [0.717, 1.165) is 11.4 Å². The van der Waals surface area contributed by atoms with Gasteiger partial charge in [-0.25, -0.2) is 0 Å². The first-order valence-electron chi connectivity index (χ1n) is 15.7. The van der Waals surface area contributed by atoms with Crippen molar-refractivity contribution in [1.82, 2.24) is 4.90 Å². The number of benzene rings is 2. The van der Waals surface area contributed by atoms with Gasteiger partial charge in [-0.05, 0) is 68.7 Å². The molecule has 0 unspecified atom stereocenters. The lowest BCUT2D eigenvalue weighted by Crippen LogP contribution is -2.32. The minimum atomic E-state index is -4.50. The van der Waals surface area contributed by atoms with E-state index >= 15 is 0 Å². The minimum Gasteiger partial charge on any atom is -0.284 e. The number of anilines is 1. The zero-order valence-corrected chi connectivity index (χ0v) is 29.2. The van der Waals surface area contributed by atoms with Crippen molar-refractivity contribution < 1.29 is 44.9 Å². The van der Waals surface area contributed by atoms with E-state index in [1.807, 2.05) is 45.4 Å². The maximum absolute atomic E-state index is 13.8. The molecule has 0 aliphatic carbocycles. The van der Waals surface area contributed by atoms with E-state index in [-0.39, 0.29) is 46.8 Å². The summed E-state index contributed by atoms with van der Waals surface area (Å²) in [6.45, 7) is 7.93. The Morgan fingerprint density at radius 3 is 2.04 bits per heavy atom. The van der Waals surface area contributed by atoms with Gasteiger partial charge in [0.2, 0.25) is 23.4 Å². The molecule has 256 valence electrons. The molecular formula is C34H40N3O9S2+. The average Bonchev–Trinajstić information content (AvgIpc) is 3.51. The first kappa shape index (κ1) is 35.3. The van der Waals surface area contributed by atoms with Crippen LogP contribution in [0.2, 0.25) is 0 Å². The molecule has 2 aromatic carbocycles. The van der Waals surface area contributed by atoms with Gasteiger partial charge >= 0.3 is 0 Å². The van der Waals surface area contributed by atoms with Gasteiger partial charge in [0.05, 0.1) is 20.9 Å². The van der Waals surface area contributed by atoms with Crippen LogP contribution in [-0.4, -0.2) is 72.4 Å². The Labute approximate surface area is 280 Å². The molecule has 0 saturated carbocycles. The minimum absolute atomic E-state index is 0.164. The van der Waals surface area contributed by atoms with Crippen molar-refractivity contribution in [3.8, 4) is 0 Å². The number of rotatable bonds is 10. The lowest BCUT2D eigenvalue weighted by Gasteiger charge is -2.25. The topological polar surface area (TPSA) is 169 Å². The van der Waals surface area contributed by atoms with Crippen molar-refractivity contribution >= 4 is 55.0 Å². The molecule has 14 heteroatoms. The highest BCUT2D eigenvalue weighted by atomic mass is 32.2. The van der Waals surface area contributed by atoms with Crippen LogP contribution in [0.25, 0.3) is 0 Å². The Hall–Kier alpha value is -3.98. The van der Waals surface area contributed by atoms with Crippen LogP contribution in [0.5, 0.6) is 0 Å². The molecule has 3 heterocycles. The second-order valence-corrected chi connectivity index (χ2v) is 16.2. The number of allylic oxidation sites excluding steroid dienone is 4. The third-order valence-electron chi connectivity index (χ3n) is 9.55. The molecule has 1 saturated heterocycles. The number of nitrogens with zero attached hydrogens (tertiary/aromatic N) is 3. The maximum Gasteiger partial charge on any atom is 0.294 e. The molecule has 12 nitrogen and oxygen atoms in total. The second kappa shape index (κ2) is 12.5. The average molecular weight is 699 g/mol. The van der Waals surface area contributed by atoms with E-state index in [9.17, 15) is 40.3 Å². The monoisotopic (exact) mass is 698 g/mol. The normalized spacial score (nSPS) is 19.6. The number of imide groups is 1. The summed E-state index contributed by atoms with van der Waals surface area (Å²) in [5.74, 6) is -0.558. The predicted molar refractivity (Wildman–Crippen MR) is 179 cm³/mol. The quantitative estimate of drug-likeness (QED) is 0.155. The summed E-state index contributed by atoms with van der Waals surface area (Å²) >= 11 is 0. The summed E-state index contributed by atoms with van der Waals surface area (Å²) in [5, 5.41) is 0. The molecule has 0 atom stereocenters. The smallest absolute Gasteiger partial charge is 0.284 e. The van der Waals surface area contributed by atoms with Gasteiger partial charge in [-0.15, -0.1) is 0 Å². The Kier molecular flexibility index (Phi) is 9.18. The summed E-state index contributed by atoms with van der Waals surface area (Å²) in [5.41, 5.74) is 2.48. The third kappa shape index (κ3) is 6.41. The fourth-order valence-electron chi connectivity index (χ4n) is 6.88. The molecule has 2 N–H and O–H groups in total. The van der Waals surface area contributed by atoms with Crippen LogP contribution in [0.15, 0.2) is 70.1 Å². The molecule has 3 aliphatic rings. The van der Waals surface area contributed by atoms with E-state index in [0.29, 0.717) is 48.3 Å². The summed E-state index contributed by atoms with van der Waals surface area (Å²) in [6, 6.07) is 8.61. The molecular weight excluding hydrogens is 659 g/mol. The van der Waals surface area contributed by atoms with Crippen molar-refractivity contribution in [2.24, 2.45) is 0 Å². The highest BCUT2D eigenvalue weighted by molar-refractivity contribution is 7.86. The molecule has 48 heavy (non-hydrogen) atoms. The second-order valence-electron chi connectivity index (χ2n) is 13.4. The standard InChI is InChI=1S/C34H39N3O9S2/c1-33(2)24-20-22(47(41,42)43)13-15-26(24)35(5)28(33)10-9-11-29-34(3,4)25-21-23(48(44,45)46)14-16-27(25)37(29)32(40)12-7-6-8-19-36-30(38)17-18-31(36)39/h9-11,13-16,20-21H,6-8,12,17-19H2,1-5H3,(H-,41,42,43,44,45,46)/p+1. The van der Waals surface area contributed by atoms with Crippen molar-refractivity contribution in [3.05, 3.63) is 71.5 Å². The van der Waals surface area contributed by atoms with Crippen LogP contribution >= 0.6 is 0 Å². The van der Waals surface area contributed by atoms with Gasteiger partial charge < -0.3 is 0 Å². The molecule has 3 aliphatic heterocycles. The molecule has 5 rings (SSSR count). The van der Waals surface area contributed by atoms with Crippen LogP contribution in [-0.2, 0) is 45.4 Å². The third-order valence-corrected chi connectivity index (χ3v) is 11.2. The fourth-order valence-corrected chi connectivity index (χ4v) is 7.90. The number of carbonyl (C=O) groups excluding carboxylic acids is 3. The van der Waals surface area contributed by atoms with E-state index in [2.05, 4.69) is 0 Å². The lowest BCUT2D eigenvalue weighted by atomic mass is 9.81. The fraction of sp³-hybridized carbons (Fsp3) is 0.412. The Morgan fingerprint density at radius 2 is 1.44 bits per heavy atom. The van der Waals surface area contributed by atoms with Gasteiger partial charge in [-0.1, -0.05) is 26.3 Å². The Bertz CT molecular complexity index is 2030. The molecule has 2 aromatic rings. The zero-order chi connectivity index (χ0) is 35.4. The van der Waals surface area contributed by atoms with E-state index in [4.69, 9.17) is 0 Å². The van der Waals surface area contributed by atoms with E-state index in [1.165, 1.54) is 35.2 Å². The van der Waals surface area contributed by atoms with Crippen molar-refractivity contribution in [3.63, 3.8) is 0 Å². The largest absolute Gasteiger partial charge is 0.294 e. The Morgan fingerprint density at radius 1 is 0.854 bits per heavy atom. The van der Waals surface area contributed by atoms with Crippen LogP contribution in [0.4, 0.5) is 11.4 Å². The van der Waals surface area contributed by atoms with Crippen molar-refractivity contribution in [1.29, 1.82) is 0 Å². The summed E-state index contributed by atoms with van der Waals surface area (Å²) in [7, 11) is -7.05. The van der Waals surface area contributed by atoms with Crippen LogP contribution in [0, 0.1) is 0 Å². The number of unbranched alkanes of at least 4 members (excludes halogenated alkanes) is 2. The Balaban J connectivity index is 1.43. The van der Waals surface area contributed by atoms with E-state index < -0.39 is 31.1 Å². The molecule has 0 spiro atoms. The molecule has 0 aromatic heterocycles. The molecule has 1 fully saturated rings. The van der Waals surface area contributed by atoms with E-state index in [1.54, 1.807) is 23.1 Å². The predicted octanol–water partition coefficient (Wildman–Crippen LogP) is 4.66. The van der Waals surface area contributed by atoms with Gasteiger partial charge in [0.1, 0.15) is 7.05 Å². The SMILES string of the molecule is C[N+]1=C(C=CC=C2N(C(=O)CCCCCN3C(=O)CCC3=O)c3ccc(S(=O)(=O)O)cc3C2(C)C)C(C)(C)c2cc(S(=O)(=O)O)ccc21. The van der Waals surface area contributed by atoms with Crippen LogP contribution in [0.1, 0.15) is 77.3 Å². The number of hydrogen-bond acceptors (Lipinski definition) is 7. The number of amides is 3. The zero-order valence-electron chi connectivity index (χ0n) is 27.6. The van der Waals surface area contributed by atoms with Gasteiger partial charge in [0, 0.05) is 54.6 Å². The molecule has 3 amide bonds. The number of likely N-dealkylation sites (tertiary alicyclic amines) is 1. The van der Waals surface area contributed by atoms with Gasteiger partial charge in [0.15, 0.2) is 5.71 Å². The summed E-state index contributed by atoms with van der Waals surface area (Å²) in [6.07, 6.45) is 7.79. The first-order chi connectivity index (χ1) is 22.3.